The van der Waals surface area contributed by atoms with E-state index in [0.29, 0.717) is 12.8 Å². The molecule has 1 aliphatic rings. The molecule has 1 rings (SSSR count). The summed E-state index contributed by atoms with van der Waals surface area (Å²) in [5, 5.41) is 75.1. The zero-order valence-electron chi connectivity index (χ0n) is 33.5. The molecule has 0 aromatic heterocycles. The van der Waals surface area contributed by atoms with Crippen molar-refractivity contribution < 1.29 is 50.0 Å². The SMILES string of the molecule is CCCC/C=C/CCCC(O)C(O)C(COC1OC(CO)C(O)C(O)C1O)NC(=O)C(O)CCCCCCCCCCCCCCCCCCCCC. The van der Waals surface area contributed by atoms with Crippen molar-refractivity contribution in [3.8, 4) is 0 Å². The molecule has 1 aliphatic heterocycles. The van der Waals surface area contributed by atoms with Gasteiger partial charge < -0.3 is 50.5 Å². The highest BCUT2D eigenvalue weighted by Gasteiger charge is 2.44. The van der Waals surface area contributed by atoms with Gasteiger partial charge >= 0.3 is 0 Å². The fourth-order valence-corrected chi connectivity index (χ4v) is 6.90. The molecule has 53 heavy (non-hydrogen) atoms. The van der Waals surface area contributed by atoms with Crippen LogP contribution in [0.15, 0.2) is 12.2 Å². The molecule has 1 heterocycles. The lowest BCUT2D eigenvalue weighted by atomic mass is 9.98. The second-order valence-corrected chi connectivity index (χ2v) is 15.4. The van der Waals surface area contributed by atoms with E-state index in [4.69, 9.17) is 9.47 Å². The molecule has 9 atom stereocenters. The summed E-state index contributed by atoms with van der Waals surface area (Å²) in [5.74, 6) is -0.708. The number of rotatable bonds is 35. The molecule has 0 aromatic carbocycles. The quantitative estimate of drug-likeness (QED) is 0.0277. The molecule has 0 bridgehead atoms. The van der Waals surface area contributed by atoms with Gasteiger partial charge in [-0.3, -0.25) is 4.79 Å². The van der Waals surface area contributed by atoms with Gasteiger partial charge in [0, 0.05) is 0 Å². The molecule has 9 unspecified atom stereocenters. The van der Waals surface area contributed by atoms with E-state index in [-0.39, 0.29) is 12.8 Å². The average Bonchev–Trinajstić information content (AvgIpc) is 3.16. The molecule has 1 amide bonds. The third kappa shape index (κ3) is 23.5. The van der Waals surface area contributed by atoms with Crippen LogP contribution in [0.1, 0.15) is 181 Å². The van der Waals surface area contributed by atoms with Crippen molar-refractivity contribution in [1.82, 2.24) is 5.32 Å². The lowest BCUT2D eigenvalue weighted by Gasteiger charge is -2.40. The van der Waals surface area contributed by atoms with Crippen molar-refractivity contribution in [1.29, 1.82) is 0 Å². The number of ether oxygens (including phenoxy) is 2. The van der Waals surface area contributed by atoms with Crippen LogP contribution in [0.4, 0.5) is 0 Å². The summed E-state index contributed by atoms with van der Waals surface area (Å²) in [5.41, 5.74) is 0. The lowest BCUT2D eigenvalue weighted by molar-refractivity contribution is -0.303. The van der Waals surface area contributed by atoms with Crippen LogP contribution in [-0.2, 0) is 14.3 Å². The first kappa shape index (κ1) is 49.9. The van der Waals surface area contributed by atoms with Crippen LogP contribution in [0.25, 0.3) is 0 Å². The minimum atomic E-state index is -1.66. The molecule has 8 N–H and O–H groups in total. The van der Waals surface area contributed by atoms with E-state index < -0.39 is 74.2 Å². The summed E-state index contributed by atoms with van der Waals surface area (Å²) in [4.78, 5) is 13.0. The molecule has 1 saturated heterocycles. The van der Waals surface area contributed by atoms with Gasteiger partial charge in [-0.1, -0.05) is 161 Å². The van der Waals surface area contributed by atoms with Gasteiger partial charge in [-0.25, -0.2) is 0 Å². The highest BCUT2D eigenvalue weighted by Crippen LogP contribution is 2.23. The molecule has 0 saturated carbocycles. The van der Waals surface area contributed by atoms with Gasteiger partial charge in [0.1, 0.15) is 36.6 Å². The Hall–Kier alpha value is -1.15. The maximum absolute atomic E-state index is 13.0. The first-order chi connectivity index (χ1) is 25.7. The number of amides is 1. The van der Waals surface area contributed by atoms with Gasteiger partial charge in [0.2, 0.25) is 5.91 Å². The van der Waals surface area contributed by atoms with Crippen LogP contribution in [0.2, 0.25) is 0 Å². The Morgan fingerprint density at radius 2 is 1.11 bits per heavy atom. The number of unbranched alkanes of at least 4 members (excludes halogenated alkanes) is 21. The maximum atomic E-state index is 13.0. The lowest BCUT2D eigenvalue weighted by Crippen LogP contribution is -2.60. The van der Waals surface area contributed by atoms with E-state index in [1.165, 1.54) is 96.3 Å². The van der Waals surface area contributed by atoms with E-state index in [1.54, 1.807) is 0 Å². The number of hydrogen-bond acceptors (Lipinski definition) is 10. The standard InChI is InChI=1S/C42H81NO10/c1-3-5-7-9-11-12-13-14-15-16-17-18-19-20-21-22-24-26-28-30-35(46)41(51)43-33(37(47)34(45)29-27-25-23-10-8-6-4-2)32-52-42-40(50)39(49)38(48)36(31-44)53-42/h10,23,33-40,42,44-50H,3-9,11-22,24-32H2,1-2H3,(H,43,51)/b23-10+. The summed E-state index contributed by atoms with van der Waals surface area (Å²) in [7, 11) is 0. The first-order valence-corrected chi connectivity index (χ1v) is 21.6. The fourth-order valence-electron chi connectivity index (χ4n) is 6.90. The minimum Gasteiger partial charge on any atom is -0.394 e. The molecule has 0 aromatic rings. The third-order valence-corrected chi connectivity index (χ3v) is 10.6. The van der Waals surface area contributed by atoms with Crippen molar-refractivity contribution in [2.75, 3.05) is 13.2 Å². The van der Waals surface area contributed by atoms with Crippen molar-refractivity contribution in [3.63, 3.8) is 0 Å². The molecule has 11 nitrogen and oxygen atoms in total. The second kappa shape index (κ2) is 33.0. The summed E-state index contributed by atoms with van der Waals surface area (Å²) in [6, 6.07) is -1.18. The number of hydrogen-bond donors (Lipinski definition) is 8. The van der Waals surface area contributed by atoms with Crippen LogP contribution in [0.3, 0.4) is 0 Å². The maximum Gasteiger partial charge on any atom is 0.249 e. The van der Waals surface area contributed by atoms with Crippen LogP contribution in [0.5, 0.6) is 0 Å². The predicted octanol–water partition coefficient (Wildman–Crippen LogP) is 6.11. The van der Waals surface area contributed by atoms with E-state index in [2.05, 4.69) is 25.2 Å². The number of nitrogens with one attached hydrogen (secondary N) is 1. The van der Waals surface area contributed by atoms with Crippen molar-refractivity contribution in [3.05, 3.63) is 12.2 Å². The summed E-state index contributed by atoms with van der Waals surface area (Å²) >= 11 is 0. The van der Waals surface area contributed by atoms with Gasteiger partial charge in [0.05, 0.1) is 25.4 Å². The van der Waals surface area contributed by atoms with Crippen LogP contribution in [0, 0.1) is 0 Å². The van der Waals surface area contributed by atoms with E-state index in [1.807, 2.05) is 6.08 Å². The highest BCUT2D eigenvalue weighted by molar-refractivity contribution is 5.80. The second-order valence-electron chi connectivity index (χ2n) is 15.4. The molecule has 0 radical (unpaired) electrons. The van der Waals surface area contributed by atoms with E-state index in [0.717, 1.165) is 44.9 Å². The summed E-state index contributed by atoms with van der Waals surface area (Å²) in [6.45, 7) is 3.32. The van der Waals surface area contributed by atoms with Gasteiger partial charge in [-0.2, -0.15) is 0 Å². The zero-order valence-corrected chi connectivity index (χ0v) is 33.5. The molecular weight excluding hydrogens is 678 g/mol. The number of aliphatic hydroxyl groups is 7. The Labute approximate surface area is 322 Å². The molecule has 314 valence electrons. The smallest absolute Gasteiger partial charge is 0.249 e. The van der Waals surface area contributed by atoms with E-state index in [9.17, 15) is 40.5 Å². The summed E-state index contributed by atoms with van der Waals surface area (Å²) < 4.78 is 11.0. The van der Waals surface area contributed by atoms with Crippen molar-refractivity contribution in [2.45, 2.75) is 236 Å². The van der Waals surface area contributed by atoms with Crippen LogP contribution in [-0.4, -0.2) is 110 Å². The third-order valence-electron chi connectivity index (χ3n) is 10.6. The van der Waals surface area contributed by atoms with Crippen LogP contribution < -0.4 is 5.32 Å². The van der Waals surface area contributed by atoms with Gasteiger partial charge in [0.15, 0.2) is 6.29 Å². The Morgan fingerprint density at radius 1 is 0.642 bits per heavy atom. The first-order valence-electron chi connectivity index (χ1n) is 21.6. The van der Waals surface area contributed by atoms with Crippen molar-refractivity contribution >= 4 is 5.91 Å². The molecule has 1 fully saturated rings. The van der Waals surface area contributed by atoms with E-state index >= 15 is 0 Å². The van der Waals surface area contributed by atoms with Crippen molar-refractivity contribution in [2.24, 2.45) is 0 Å². The Kier molecular flexibility index (Phi) is 31.1. The average molecular weight is 760 g/mol. The summed E-state index contributed by atoms with van der Waals surface area (Å²) in [6.07, 6.45) is 21.6. The van der Waals surface area contributed by atoms with Gasteiger partial charge in [0.25, 0.3) is 0 Å². The Balaban J connectivity index is 2.39. The minimum absolute atomic E-state index is 0.258. The van der Waals surface area contributed by atoms with Crippen LogP contribution >= 0.6 is 0 Å². The number of allylic oxidation sites excluding steroid dienone is 2. The molecule has 0 aliphatic carbocycles. The van der Waals surface area contributed by atoms with Gasteiger partial charge in [-0.05, 0) is 32.1 Å². The fraction of sp³-hybridized carbons (Fsp3) is 0.929. The Bertz CT molecular complexity index is 877. The molecule has 0 spiro atoms. The largest absolute Gasteiger partial charge is 0.394 e. The zero-order chi connectivity index (χ0) is 39.1. The Morgan fingerprint density at radius 3 is 1.60 bits per heavy atom. The molecule has 11 heteroatoms. The number of aliphatic hydroxyl groups excluding tert-OH is 7. The topological polar surface area (TPSA) is 189 Å². The molecular formula is C42H81NO10. The monoisotopic (exact) mass is 760 g/mol. The van der Waals surface area contributed by atoms with Gasteiger partial charge in [-0.15, -0.1) is 0 Å². The number of carbonyl (C=O) groups is 1. The highest BCUT2D eigenvalue weighted by atomic mass is 16.7. The predicted molar refractivity (Wildman–Crippen MR) is 210 cm³/mol. The normalized spacial score (nSPS) is 22.9. The number of carbonyl (C=O) groups excluding carboxylic acids is 1.